The summed E-state index contributed by atoms with van der Waals surface area (Å²) >= 11 is 0. The Morgan fingerprint density at radius 3 is 2.25 bits per heavy atom. The summed E-state index contributed by atoms with van der Waals surface area (Å²) in [5.41, 5.74) is 2.50. The van der Waals surface area contributed by atoms with Gasteiger partial charge in [0.1, 0.15) is 0 Å². The van der Waals surface area contributed by atoms with E-state index in [9.17, 15) is 9.59 Å². The zero-order valence-electron chi connectivity index (χ0n) is 14.0. The maximum atomic E-state index is 12.1. The molecule has 2 rings (SSSR count). The van der Waals surface area contributed by atoms with E-state index in [0.29, 0.717) is 17.9 Å². The number of hydrogen-bond donors (Lipinski definition) is 3. The lowest BCUT2D eigenvalue weighted by Gasteiger charge is -2.16. The first-order valence-electron chi connectivity index (χ1n) is 8.06. The highest BCUT2D eigenvalue weighted by atomic mass is 16.2. The first-order chi connectivity index (χ1) is 11.6. The maximum Gasteiger partial charge on any atom is 0.319 e. The van der Waals surface area contributed by atoms with Gasteiger partial charge in [-0.1, -0.05) is 43.3 Å². The molecule has 1 unspecified atom stereocenters. The number of amides is 3. The van der Waals surface area contributed by atoms with Crippen molar-refractivity contribution in [1.29, 1.82) is 0 Å². The summed E-state index contributed by atoms with van der Waals surface area (Å²) in [4.78, 5) is 23.2. The van der Waals surface area contributed by atoms with Crippen molar-refractivity contribution in [2.24, 2.45) is 0 Å². The first-order valence-corrected chi connectivity index (χ1v) is 8.06. The Hall–Kier alpha value is -2.82. The smallest absolute Gasteiger partial charge is 0.319 e. The summed E-state index contributed by atoms with van der Waals surface area (Å²) in [6, 6.07) is 16.9. The van der Waals surface area contributed by atoms with Gasteiger partial charge in [0, 0.05) is 30.8 Å². The van der Waals surface area contributed by atoms with Crippen LogP contribution >= 0.6 is 0 Å². The normalized spacial score (nSPS) is 11.4. The molecule has 126 valence electrons. The molecule has 0 spiro atoms. The summed E-state index contributed by atoms with van der Waals surface area (Å²) in [5.74, 6) is 0.132. The van der Waals surface area contributed by atoms with Gasteiger partial charge in [-0.05, 0) is 30.2 Å². The van der Waals surface area contributed by atoms with Gasteiger partial charge >= 0.3 is 6.03 Å². The van der Waals surface area contributed by atoms with Crippen LogP contribution in [0.25, 0.3) is 0 Å². The number of rotatable bonds is 6. The molecule has 0 bridgehead atoms. The molecule has 0 saturated heterocycles. The number of anilines is 2. The zero-order valence-corrected chi connectivity index (χ0v) is 14.0. The van der Waals surface area contributed by atoms with E-state index in [4.69, 9.17) is 0 Å². The molecule has 3 amide bonds. The second kappa shape index (κ2) is 8.72. The Kier molecular flexibility index (Phi) is 6.37. The molecule has 0 heterocycles. The monoisotopic (exact) mass is 325 g/mol. The molecule has 0 aliphatic carbocycles. The van der Waals surface area contributed by atoms with Crippen LogP contribution in [0.3, 0.4) is 0 Å². The minimum atomic E-state index is -0.260. The van der Waals surface area contributed by atoms with Crippen LogP contribution in [0.5, 0.6) is 0 Å². The third kappa shape index (κ3) is 5.43. The lowest BCUT2D eigenvalue weighted by atomic mass is 9.97. The fraction of sp³-hybridized carbons (Fsp3) is 0.263. The van der Waals surface area contributed by atoms with E-state index in [1.165, 1.54) is 12.5 Å². The Morgan fingerprint density at radius 2 is 1.62 bits per heavy atom. The van der Waals surface area contributed by atoms with Crippen molar-refractivity contribution in [3.05, 3.63) is 60.2 Å². The molecule has 5 heteroatoms. The lowest BCUT2D eigenvalue weighted by molar-refractivity contribution is -0.114. The van der Waals surface area contributed by atoms with Crippen molar-refractivity contribution in [1.82, 2.24) is 5.32 Å². The molecule has 2 aromatic carbocycles. The van der Waals surface area contributed by atoms with Crippen molar-refractivity contribution in [3.63, 3.8) is 0 Å². The van der Waals surface area contributed by atoms with E-state index in [2.05, 4.69) is 35.0 Å². The molecule has 3 N–H and O–H groups in total. The van der Waals surface area contributed by atoms with Gasteiger partial charge in [0.05, 0.1) is 0 Å². The number of carbonyl (C=O) groups excluding carboxylic acids is 2. The molecular formula is C19H23N3O2. The zero-order chi connectivity index (χ0) is 17.4. The molecule has 0 aliphatic rings. The van der Waals surface area contributed by atoms with E-state index >= 15 is 0 Å². The van der Waals surface area contributed by atoms with Crippen LogP contribution in [0.15, 0.2) is 54.6 Å². The molecule has 24 heavy (non-hydrogen) atoms. The minimum Gasteiger partial charge on any atom is -0.337 e. The Morgan fingerprint density at radius 1 is 0.958 bits per heavy atom. The second-order valence-electron chi connectivity index (χ2n) is 5.61. The second-order valence-corrected chi connectivity index (χ2v) is 5.61. The van der Waals surface area contributed by atoms with E-state index in [0.717, 1.165) is 6.42 Å². The average Bonchev–Trinajstić information content (AvgIpc) is 2.56. The highest BCUT2D eigenvalue weighted by molar-refractivity contribution is 5.92. The van der Waals surface area contributed by atoms with Crippen LogP contribution in [-0.4, -0.2) is 18.5 Å². The quantitative estimate of drug-likeness (QED) is 0.752. The van der Waals surface area contributed by atoms with Gasteiger partial charge in [-0.3, -0.25) is 4.79 Å². The van der Waals surface area contributed by atoms with Crippen LogP contribution in [0.4, 0.5) is 16.2 Å². The van der Waals surface area contributed by atoms with Gasteiger partial charge in [0.15, 0.2) is 0 Å². The van der Waals surface area contributed by atoms with Crippen LogP contribution in [0, 0.1) is 0 Å². The average molecular weight is 325 g/mol. The van der Waals surface area contributed by atoms with Gasteiger partial charge < -0.3 is 16.0 Å². The fourth-order valence-corrected chi connectivity index (χ4v) is 2.49. The molecule has 2 aromatic rings. The molecule has 0 aromatic heterocycles. The van der Waals surface area contributed by atoms with E-state index in [1.807, 2.05) is 18.2 Å². The van der Waals surface area contributed by atoms with Crippen molar-refractivity contribution in [2.75, 3.05) is 17.2 Å². The van der Waals surface area contributed by atoms with Crippen molar-refractivity contribution in [2.45, 2.75) is 26.2 Å². The predicted molar refractivity (Wildman–Crippen MR) is 97.2 cm³/mol. The maximum absolute atomic E-state index is 12.1. The molecule has 0 aliphatic heterocycles. The van der Waals surface area contributed by atoms with Crippen molar-refractivity contribution < 1.29 is 9.59 Å². The van der Waals surface area contributed by atoms with Gasteiger partial charge in [0.2, 0.25) is 5.91 Å². The summed E-state index contributed by atoms with van der Waals surface area (Å²) in [5, 5.41) is 8.38. The molecule has 0 saturated carbocycles. The van der Waals surface area contributed by atoms with E-state index in [1.54, 1.807) is 24.3 Å². The molecule has 5 nitrogen and oxygen atoms in total. The summed E-state index contributed by atoms with van der Waals surface area (Å²) < 4.78 is 0. The number of nitrogens with one attached hydrogen (secondary N) is 3. The fourth-order valence-electron chi connectivity index (χ4n) is 2.49. The largest absolute Gasteiger partial charge is 0.337 e. The highest BCUT2D eigenvalue weighted by Gasteiger charge is 2.11. The SMILES string of the molecule is CCC(CNC(=O)Nc1cccc(NC(C)=O)c1)c1ccccc1. The predicted octanol–water partition coefficient (Wildman–Crippen LogP) is 3.96. The number of carbonyl (C=O) groups is 2. The molecule has 0 fully saturated rings. The third-order valence-corrected chi connectivity index (χ3v) is 3.71. The standard InChI is InChI=1S/C19H23N3O2/c1-3-15(16-8-5-4-6-9-16)13-20-19(24)22-18-11-7-10-17(12-18)21-14(2)23/h4-12,15H,3,13H2,1-2H3,(H,21,23)(H2,20,22,24). The van der Waals surface area contributed by atoms with Gasteiger partial charge in [0.25, 0.3) is 0 Å². The molecular weight excluding hydrogens is 302 g/mol. The van der Waals surface area contributed by atoms with Gasteiger partial charge in [-0.15, -0.1) is 0 Å². The van der Waals surface area contributed by atoms with Crippen LogP contribution in [0.2, 0.25) is 0 Å². The van der Waals surface area contributed by atoms with E-state index < -0.39 is 0 Å². The lowest BCUT2D eigenvalue weighted by Crippen LogP contribution is -2.32. The van der Waals surface area contributed by atoms with Crippen molar-refractivity contribution >= 4 is 23.3 Å². The van der Waals surface area contributed by atoms with Crippen molar-refractivity contribution in [3.8, 4) is 0 Å². The topological polar surface area (TPSA) is 70.2 Å². The summed E-state index contributed by atoms with van der Waals surface area (Å²) in [6.07, 6.45) is 0.947. The Labute approximate surface area is 142 Å². The Bertz CT molecular complexity index is 686. The molecule has 1 atom stereocenters. The highest BCUT2D eigenvalue weighted by Crippen LogP contribution is 2.18. The van der Waals surface area contributed by atoms with Crippen LogP contribution in [-0.2, 0) is 4.79 Å². The van der Waals surface area contributed by atoms with Crippen LogP contribution < -0.4 is 16.0 Å². The Balaban J connectivity index is 1.90. The minimum absolute atomic E-state index is 0.148. The summed E-state index contributed by atoms with van der Waals surface area (Å²) in [7, 11) is 0. The number of hydrogen-bond acceptors (Lipinski definition) is 2. The summed E-state index contributed by atoms with van der Waals surface area (Å²) in [6.45, 7) is 4.12. The third-order valence-electron chi connectivity index (χ3n) is 3.71. The van der Waals surface area contributed by atoms with Crippen LogP contribution in [0.1, 0.15) is 31.7 Å². The first kappa shape index (κ1) is 17.5. The van der Waals surface area contributed by atoms with Gasteiger partial charge in [-0.25, -0.2) is 4.79 Å². The van der Waals surface area contributed by atoms with Gasteiger partial charge in [-0.2, -0.15) is 0 Å². The number of urea groups is 1. The number of benzene rings is 2. The van der Waals surface area contributed by atoms with E-state index in [-0.39, 0.29) is 17.9 Å². The molecule has 0 radical (unpaired) electrons.